The van der Waals surface area contributed by atoms with E-state index in [4.69, 9.17) is 6.42 Å². The molecule has 13 heavy (non-hydrogen) atoms. The van der Waals surface area contributed by atoms with E-state index in [9.17, 15) is 0 Å². The number of anilines is 1. The van der Waals surface area contributed by atoms with Crippen LogP contribution in [0.25, 0.3) is 0 Å². The van der Waals surface area contributed by atoms with Crippen LogP contribution < -0.4 is 5.32 Å². The van der Waals surface area contributed by atoms with Crippen LogP contribution in [0.4, 0.5) is 5.69 Å². The Kier molecular flexibility index (Phi) is 3.85. The highest BCUT2D eigenvalue weighted by Gasteiger charge is 1.99. The number of hydrogen-bond acceptors (Lipinski definition) is 1. The van der Waals surface area contributed by atoms with Gasteiger partial charge in [-0.3, -0.25) is 0 Å². The highest BCUT2D eigenvalue weighted by atomic mass is 79.9. The molecule has 68 valence electrons. The third-order valence-corrected chi connectivity index (χ3v) is 2.83. The molecule has 0 heterocycles. The summed E-state index contributed by atoms with van der Waals surface area (Å²) in [4.78, 5) is 0. The minimum absolute atomic E-state index is 0.750. The molecule has 0 atom stereocenters. The van der Waals surface area contributed by atoms with Gasteiger partial charge in [-0.15, -0.1) is 12.3 Å². The number of nitrogens with one attached hydrogen (secondary N) is 1. The van der Waals surface area contributed by atoms with Crippen LogP contribution in [-0.4, -0.2) is 6.54 Å². The SMILES string of the molecule is C#CCCNc1cccc(C)c1Br. The summed E-state index contributed by atoms with van der Waals surface area (Å²) in [6.07, 6.45) is 5.91. The van der Waals surface area contributed by atoms with Gasteiger partial charge in [0.05, 0.1) is 0 Å². The summed E-state index contributed by atoms with van der Waals surface area (Å²) in [6.45, 7) is 2.88. The second-order valence-electron chi connectivity index (χ2n) is 2.82. The minimum atomic E-state index is 0.750. The topological polar surface area (TPSA) is 12.0 Å². The Morgan fingerprint density at radius 1 is 1.54 bits per heavy atom. The van der Waals surface area contributed by atoms with E-state index in [1.165, 1.54) is 5.56 Å². The molecular formula is C11H12BrN. The average Bonchev–Trinajstić information content (AvgIpc) is 2.13. The van der Waals surface area contributed by atoms with Gasteiger partial charge in [0.1, 0.15) is 0 Å². The summed E-state index contributed by atoms with van der Waals surface area (Å²) in [5.41, 5.74) is 2.33. The lowest BCUT2D eigenvalue weighted by Crippen LogP contribution is -2.01. The molecule has 0 radical (unpaired) electrons. The van der Waals surface area contributed by atoms with E-state index < -0.39 is 0 Å². The first kappa shape index (κ1) is 10.1. The highest BCUT2D eigenvalue weighted by Crippen LogP contribution is 2.25. The van der Waals surface area contributed by atoms with Crippen molar-refractivity contribution in [1.29, 1.82) is 0 Å². The van der Waals surface area contributed by atoms with Crippen LogP contribution >= 0.6 is 15.9 Å². The van der Waals surface area contributed by atoms with Crippen molar-refractivity contribution in [2.45, 2.75) is 13.3 Å². The first-order valence-electron chi connectivity index (χ1n) is 4.18. The van der Waals surface area contributed by atoms with Crippen molar-refractivity contribution in [3.8, 4) is 12.3 Å². The van der Waals surface area contributed by atoms with Crippen molar-refractivity contribution in [3.63, 3.8) is 0 Å². The zero-order valence-electron chi connectivity index (χ0n) is 7.60. The zero-order valence-corrected chi connectivity index (χ0v) is 9.19. The number of halogens is 1. The lowest BCUT2D eigenvalue weighted by molar-refractivity contribution is 1.09. The van der Waals surface area contributed by atoms with Crippen molar-refractivity contribution < 1.29 is 0 Å². The fraction of sp³-hybridized carbons (Fsp3) is 0.273. The zero-order chi connectivity index (χ0) is 9.68. The molecule has 0 amide bonds. The maximum atomic E-state index is 5.16. The smallest absolute Gasteiger partial charge is 0.0487 e. The number of hydrogen-bond donors (Lipinski definition) is 1. The van der Waals surface area contributed by atoms with Crippen molar-refractivity contribution in [2.75, 3.05) is 11.9 Å². The second kappa shape index (κ2) is 4.94. The lowest BCUT2D eigenvalue weighted by atomic mass is 10.2. The van der Waals surface area contributed by atoms with Crippen LogP contribution in [0.2, 0.25) is 0 Å². The summed E-state index contributed by atoms with van der Waals surface area (Å²) < 4.78 is 1.12. The molecule has 1 aromatic rings. The van der Waals surface area contributed by atoms with Gasteiger partial charge in [0, 0.05) is 23.1 Å². The van der Waals surface area contributed by atoms with E-state index in [0.717, 1.165) is 23.1 Å². The van der Waals surface area contributed by atoms with Gasteiger partial charge < -0.3 is 5.32 Å². The fourth-order valence-electron chi connectivity index (χ4n) is 1.05. The number of aryl methyl sites for hydroxylation is 1. The Morgan fingerprint density at radius 3 is 3.00 bits per heavy atom. The molecule has 0 aliphatic heterocycles. The van der Waals surface area contributed by atoms with Gasteiger partial charge in [-0.25, -0.2) is 0 Å². The van der Waals surface area contributed by atoms with Crippen LogP contribution in [0.3, 0.4) is 0 Å². The molecule has 0 saturated carbocycles. The Balaban J connectivity index is 2.67. The van der Waals surface area contributed by atoms with Gasteiger partial charge in [-0.1, -0.05) is 12.1 Å². The minimum Gasteiger partial charge on any atom is -0.383 e. The van der Waals surface area contributed by atoms with Crippen LogP contribution in [0.5, 0.6) is 0 Å². The monoisotopic (exact) mass is 237 g/mol. The van der Waals surface area contributed by atoms with Gasteiger partial charge >= 0.3 is 0 Å². The first-order chi connectivity index (χ1) is 6.25. The quantitative estimate of drug-likeness (QED) is 0.629. The second-order valence-corrected chi connectivity index (χ2v) is 3.61. The maximum absolute atomic E-state index is 5.16. The van der Waals surface area contributed by atoms with E-state index in [2.05, 4.69) is 40.2 Å². The van der Waals surface area contributed by atoms with Gasteiger partial charge in [0.25, 0.3) is 0 Å². The molecule has 0 bridgehead atoms. The van der Waals surface area contributed by atoms with Crippen molar-refractivity contribution >= 4 is 21.6 Å². The van der Waals surface area contributed by atoms with E-state index in [1.54, 1.807) is 0 Å². The summed E-state index contributed by atoms with van der Waals surface area (Å²) >= 11 is 3.52. The number of terminal acetylenes is 1. The van der Waals surface area contributed by atoms with E-state index in [1.807, 2.05) is 12.1 Å². The summed E-state index contributed by atoms with van der Waals surface area (Å²) in [7, 11) is 0. The molecule has 0 aliphatic rings. The van der Waals surface area contributed by atoms with Crippen LogP contribution in [-0.2, 0) is 0 Å². The number of rotatable bonds is 3. The molecule has 0 saturated heterocycles. The molecule has 0 unspecified atom stereocenters. The van der Waals surface area contributed by atoms with Gasteiger partial charge in [-0.2, -0.15) is 0 Å². The Labute approximate surface area is 87.7 Å². The Bertz CT molecular complexity index is 325. The van der Waals surface area contributed by atoms with Gasteiger partial charge in [-0.05, 0) is 34.5 Å². The first-order valence-corrected chi connectivity index (χ1v) is 4.97. The number of benzene rings is 1. The van der Waals surface area contributed by atoms with Crippen LogP contribution in [0.15, 0.2) is 22.7 Å². The molecule has 0 fully saturated rings. The molecule has 0 spiro atoms. The molecule has 1 aromatic carbocycles. The lowest BCUT2D eigenvalue weighted by Gasteiger charge is -2.08. The van der Waals surface area contributed by atoms with Gasteiger partial charge in [0.15, 0.2) is 0 Å². The molecule has 0 aromatic heterocycles. The molecule has 1 N–H and O–H groups in total. The summed E-state index contributed by atoms with van der Waals surface area (Å²) in [5.74, 6) is 2.59. The van der Waals surface area contributed by atoms with Crippen LogP contribution in [0, 0.1) is 19.3 Å². The normalized spacial score (nSPS) is 9.31. The van der Waals surface area contributed by atoms with E-state index >= 15 is 0 Å². The summed E-state index contributed by atoms with van der Waals surface area (Å²) in [6, 6.07) is 6.13. The average molecular weight is 238 g/mol. The van der Waals surface area contributed by atoms with E-state index in [-0.39, 0.29) is 0 Å². The highest BCUT2D eigenvalue weighted by molar-refractivity contribution is 9.10. The summed E-state index contributed by atoms with van der Waals surface area (Å²) in [5, 5.41) is 3.27. The Morgan fingerprint density at radius 2 is 2.31 bits per heavy atom. The molecule has 2 heteroatoms. The van der Waals surface area contributed by atoms with E-state index in [0.29, 0.717) is 0 Å². The molecule has 1 nitrogen and oxygen atoms in total. The molecule has 0 aliphatic carbocycles. The maximum Gasteiger partial charge on any atom is 0.0487 e. The molecule has 1 rings (SSSR count). The van der Waals surface area contributed by atoms with Gasteiger partial charge in [0.2, 0.25) is 0 Å². The third kappa shape index (κ3) is 2.78. The van der Waals surface area contributed by atoms with Crippen molar-refractivity contribution in [2.24, 2.45) is 0 Å². The predicted octanol–water partition coefficient (Wildman–Crippen LogP) is 3.19. The Hall–Kier alpha value is -0.940. The van der Waals surface area contributed by atoms with Crippen LogP contribution in [0.1, 0.15) is 12.0 Å². The predicted molar refractivity (Wildman–Crippen MR) is 60.8 cm³/mol. The standard InChI is InChI=1S/C11H12BrN/c1-3-4-8-13-10-7-5-6-9(2)11(10)12/h1,5-7,13H,4,8H2,2H3. The fourth-order valence-corrected chi connectivity index (χ4v) is 1.46. The molecular weight excluding hydrogens is 226 g/mol. The van der Waals surface area contributed by atoms with Crippen molar-refractivity contribution in [1.82, 2.24) is 0 Å². The third-order valence-electron chi connectivity index (χ3n) is 1.78. The largest absolute Gasteiger partial charge is 0.383 e. The van der Waals surface area contributed by atoms with Crippen molar-refractivity contribution in [3.05, 3.63) is 28.2 Å².